The quantitative estimate of drug-likeness (QED) is 0.717. The van der Waals surface area contributed by atoms with E-state index in [4.69, 9.17) is 5.73 Å². The fourth-order valence-electron chi connectivity index (χ4n) is 5.66. The molecule has 2 aromatic rings. The highest BCUT2D eigenvalue weighted by Gasteiger charge is 2.35. The fraction of sp³-hybridized carbons (Fsp3) is 0.538. The van der Waals surface area contributed by atoms with E-state index in [1.165, 1.54) is 37.7 Å². The van der Waals surface area contributed by atoms with Crippen molar-refractivity contribution in [2.24, 2.45) is 11.7 Å². The fourth-order valence-corrected chi connectivity index (χ4v) is 5.66. The molecule has 3 heteroatoms. The molecule has 0 amide bonds. The molecule has 1 fully saturated rings. The van der Waals surface area contributed by atoms with Crippen LogP contribution in [0.3, 0.4) is 0 Å². The van der Waals surface area contributed by atoms with Gasteiger partial charge in [0, 0.05) is 5.54 Å². The molecule has 0 radical (unpaired) electrons. The predicted octanol–water partition coefficient (Wildman–Crippen LogP) is 4.59. The molecule has 2 aromatic carbocycles. The van der Waals surface area contributed by atoms with Gasteiger partial charge in [-0.15, -0.1) is 0 Å². The Morgan fingerprint density at radius 3 is 2.76 bits per heavy atom. The molecule has 1 nitrogen and oxygen atoms in total. The van der Waals surface area contributed by atoms with E-state index in [1.807, 2.05) is 7.85 Å². The first-order valence-corrected chi connectivity index (χ1v) is 11.6. The Kier molecular flexibility index (Phi) is 6.15. The van der Waals surface area contributed by atoms with E-state index < -0.39 is 0 Å². The third kappa shape index (κ3) is 4.94. The number of benzene rings is 2. The lowest BCUT2D eigenvalue weighted by Crippen LogP contribution is -2.35. The van der Waals surface area contributed by atoms with E-state index in [2.05, 4.69) is 31.2 Å². The molecule has 0 aromatic heterocycles. The van der Waals surface area contributed by atoms with Crippen molar-refractivity contribution in [3.8, 4) is 0 Å². The first-order valence-electron chi connectivity index (χ1n) is 11.6. The molecule has 0 aliphatic heterocycles. The summed E-state index contributed by atoms with van der Waals surface area (Å²) in [4.78, 5) is 0. The summed E-state index contributed by atoms with van der Waals surface area (Å²) in [6, 6.07) is 12.7. The van der Waals surface area contributed by atoms with Crippen molar-refractivity contribution in [3.05, 3.63) is 64.5 Å². The summed E-state index contributed by atoms with van der Waals surface area (Å²) in [5.74, 6) is 1.32. The molecule has 0 bridgehead atoms. The summed E-state index contributed by atoms with van der Waals surface area (Å²) in [5.41, 5.74) is 13.4. The topological polar surface area (TPSA) is 26.0 Å². The number of hydrogen-bond acceptors (Lipinski definition) is 1. The maximum atomic E-state index is 13.6. The van der Waals surface area contributed by atoms with E-state index in [0.717, 1.165) is 49.0 Å². The second-order valence-electron chi connectivity index (χ2n) is 9.82. The Morgan fingerprint density at radius 1 is 1.14 bits per heavy atom. The summed E-state index contributed by atoms with van der Waals surface area (Å²) >= 11 is 0. The van der Waals surface area contributed by atoms with Crippen LogP contribution in [-0.4, -0.2) is 13.4 Å². The normalized spacial score (nSPS) is 26.4. The Labute approximate surface area is 176 Å². The second-order valence-corrected chi connectivity index (χ2v) is 9.82. The summed E-state index contributed by atoms with van der Waals surface area (Å²) in [7, 11) is 1.97. The van der Waals surface area contributed by atoms with Gasteiger partial charge < -0.3 is 5.73 Å². The third-order valence-electron chi connectivity index (χ3n) is 7.56. The van der Waals surface area contributed by atoms with Crippen molar-refractivity contribution in [1.82, 2.24) is 0 Å². The van der Waals surface area contributed by atoms with E-state index >= 15 is 0 Å². The van der Waals surface area contributed by atoms with Crippen molar-refractivity contribution in [3.63, 3.8) is 0 Å². The first kappa shape index (κ1) is 20.7. The van der Waals surface area contributed by atoms with Gasteiger partial charge >= 0.3 is 0 Å². The van der Waals surface area contributed by atoms with Crippen LogP contribution in [0, 0.1) is 11.7 Å². The van der Waals surface area contributed by atoms with Crippen LogP contribution in [0.2, 0.25) is 0 Å². The van der Waals surface area contributed by atoms with E-state index in [0.29, 0.717) is 5.92 Å². The summed E-state index contributed by atoms with van der Waals surface area (Å²) < 4.78 is 13.6. The molecule has 0 unspecified atom stereocenters. The van der Waals surface area contributed by atoms with Crippen LogP contribution in [0.5, 0.6) is 0 Å². The lowest BCUT2D eigenvalue weighted by atomic mass is 9.79. The largest absolute Gasteiger partial charge is 0.325 e. The Morgan fingerprint density at radius 2 is 2.00 bits per heavy atom. The number of rotatable bonds is 6. The minimum Gasteiger partial charge on any atom is -0.325 e. The van der Waals surface area contributed by atoms with Crippen LogP contribution in [0.4, 0.5) is 4.39 Å². The summed E-state index contributed by atoms with van der Waals surface area (Å²) in [6.07, 6.45) is 11.7. The lowest BCUT2D eigenvalue weighted by Gasteiger charge is -2.26. The zero-order valence-electron chi connectivity index (χ0n) is 18.1. The van der Waals surface area contributed by atoms with Gasteiger partial charge in [-0.2, -0.15) is 0 Å². The van der Waals surface area contributed by atoms with Crippen molar-refractivity contribution in [2.75, 3.05) is 0 Å². The predicted molar refractivity (Wildman–Crippen MR) is 123 cm³/mol. The Bertz CT molecular complexity index is 844. The molecule has 2 aliphatic carbocycles. The van der Waals surface area contributed by atoms with Crippen molar-refractivity contribution in [2.45, 2.75) is 82.6 Å². The highest BCUT2D eigenvalue weighted by atomic mass is 19.1. The van der Waals surface area contributed by atoms with Gasteiger partial charge in [-0.3, -0.25) is 0 Å². The zero-order chi connectivity index (χ0) is 20.4. The molecular formula is C26H35BFN. The molecule has 4 rings (SSSR count). The first-order chi connectivity index (χ1) is 13.9. The minimum absolute atomic E-state index is 0.0614. The van der Waals surface area contributed by atoms with Crippen LogP contribution < -0.4 is 11.2 Å². The van der Waals surface area contributed by atoms with Gasteiger partial charge in [-0.1, -0.05) is 36.7 Å². The molecule has 29 heavy (non-hydrogen) atoms. The molecule has 154 valence electrons. The highest BCUT2D eigenvalue weighted by molar-refractivity contribution is 6.32. The zero-order valence-corrected chi connectivity index (χ0v) is 18.1. The third-order valence-corrected chi connectivity index (χ3v) is 7.56. The number of fused-ring (bicyclic) bond motifs is 1. The number of halogens is 1. The van der Waals surface area contributed by atoms with Gasteiger partial charge in [0.15, 0.2) is 0 Å². The SMILES string of the molecule is Bc1cc(F)cc(CCC[C@@H]2CCc3cc([C@H]4CC[C@](N)(CC)C4)ccc3C2)c1. The Balaban J connectivity index is 1.32. The van der Waals surface area contributed by atoms with E-state index in [9.17, 15) is 4.39 Å². The van der Waals surface area contributed by atoms with Crippen LogP contribution in [-0.2, 0) is 19.3 Å². The molecule has 2 aliphatic rings. The van der Waals surface area contributed by atoms with Gasteiger partial charge in [0.25, 0.3) is 0 Å². The molecule has 0 saturated heterocycles. The van der Waals surface area contributed by atoms with E-state index in [1.54, 1.807) is 23.3 Å². The standard InChI is InChI=1S/C26H35BFN/c1-2-26(29)11-10-23(17-26)22-9-8-20-12-18(6-7-21(20)15-22)4-3-5-19-13-24(27)16-25(28)14-19/h8-9,13-16,18,23H,2-7,10-12,17,27,29H2,1H3/t18-,23+,26-/m1/s1. The lowest BCUT2D eigenvalue weighted by molar-refractivity contribution is 0.413. The van der Waals surface area contributed by atoms with Gasteiger partial charge in [-0.25, -0.2) is 4.39 Å². The molecule has 0 spiro atoms. The molecule has 2 N–H and O–H groups in total. The maximum absolute atomic E-state index is 13.6. The van der Waals surface area contributed by atoms with Crippen LogP contribution >= 0.6 is 0 Å². The van der Waals surface area contributed by atoms with Gasteiger partial charge in [0.05, 0.1) is 0 Å². The van der Waals surface area contributed by atoms with Crippen LogP contribution in [0.15, 0.2) is 36.4 Å². The monoisotopic (exact) mass is 391 g/mol. The molecular weight excluding hydrogens is 356 g/mol. The number of aryl methyl sites for hydroxylation is 2. The van der Waals surface area contributed by atoms with Gasteiger partial charge in [0.2, 0.25) is 0 Å². The molecule has 0 heterocycles. The molecule has 1 saturated carbocycles. The molecule has 3 atom stereocenters. The van der Waals surface area contributed by atoms with E-state index in [-0.39, 0.29) is 11.4 Å². The summed E-state index contributed by atoms with van der Waals surface area (Å²) in [6.45, 7) is 2.23. The van der Waals surface area contributed by atoms with Gasteiger partial charge in [0.1, 0.15) is 13.7 Å². The van der Waals surface area contributed by atoms with Gasteiger partial charge in [-0.05, 0) is 110 Å². The maximum Gasteiger partial charge on any atom is 0.139 e. The average molecular weight is 391 g/mol. The van der Waals surface area contributed by atoms with Crippen molar-refractivity contribution >= 4 is 13.3 Å². The van der Waals surface area contributed by atoms with Crippen molar-refractivity contribution < 1.29 is 4.39 Å². The van der Waals surface area contributed by atoms with Crippen LogP contribution in [0.1, 0.15) is 80.0 Å². The second kappa shape index (κ2) is 8.64. The number of nitrogens with two attached hydrogens (primary N) is 1. The highest BCUT2D eigenvalue weighted by Crippen LogP contribution is 2.42. The number of hydrogen-bond donors (Lipinski definition) is 1. The average Bonchev–Trinajstić information content (AvgIpc) is 3.10. The van der Waals surface area contributed by atoms with Crippen molar-refractivity contribution in [1.29, 1.82) is 0 Å². The summed E-state index contributed by atoms with van der Waals surface area (Å²) in [5, 5.41) is 0. The minimum atomic E-state index is -0.101. The Hall–Kier alpha value is -1.61. The smallest absolute Gasteiger partial charge is 0.139 e. The van der Waals surface area contributed by atoms with Crippen LogP contribution in [0.25, 0.3) is 0 Å².